The van der Waals surface area contributed by atoms with Crippen molar-refractivity contribution < 1.29 is 0 Å². The van der Waals surface area contributed by atoms with Crippen LogP contribution in [-0.4, -0.2) is 23.1 Å². The predicted molar refractivity (Wildman–Crippen MR) is 75.9 cm³/mol. The van der Waals surface area contributed by atoms with Crippen LogP contribution in [0.25, 0.3) is 0 Å². The van der Waals surface area contributed by atoms with E-state index >= 15 is 0 Å². The Bertz CT molecular complexity index is 423. The standard InChI is InChI=1S/C13H21ClN4/c1-13(2)6-4-9(5-7-13)18(3)11-10(15)8-16-12(14)17-11/h8-9H,4-7,15H2,1-3H3. The SMILES string of the molecule is CN(c1nc(Cl)ncc1N)C1CCC(C)(C)CC1. The van der Waals surface area contributed by atoms with E-state index in [0.717, 1.165) is 5.82 Å². The molecule has 1 aliphatic carbocycles. The Morgan fingerprint density at radius 3 is 2.61 bits per heavy atom. The van der Waals surface area contributed by atoms with Gasteiger partial charge in [0, 0.05) is 13.1 Å². The summed E-state index contributed by atoms with van der Waals surface area (Å²) in [6, 6.07) is 0.492. The van der Waals surface area contributed by atoms with Gasteiger partial charge in [0.25, 0.3) is 0 Å². The maximum atomic E-state index is 5.93. The average molecular weight is 269 g/mol. The minimum Gasteiger partial charge on any atom is -0.394 e. The highest BCUT2D eigenvalue weighted by Gasteiger charge is 2.29. The van der Waals surface area contributed by atoms with Crippen molar-refractivity contribution in [3.63, 3.8) is 0 Å². The Morgan fingerprint density at radius 2 is 2.00 bits per heavy atom. The lowest BCUT2D eigenvalue weighted by Gasteiger charge is -2.39. The van der Waals surface area contributed by atoms with Gasteiger partial charge in [0.15, 0.2) is 5.82 Å². The van der Waals surface area contributed by atoms with Crippen LogP contribution in [-0.2, 0) is 0 Å². The molecule has 4 nitrogen and oxygen atoms in total. The number of nitrogen functional groups attached to an aromatic ring is 1. The van der Waals surface area contributed by atoms with Gasteiger partial charge in [-0.05, 0) is 42.7 Å². The van der Waals surface area contributed by atoms with Crippen molar-refractivity contribution in [2.45, 2.75) is 45.6 Å². The predicted octanol–water partition coefficient (Wildman–Crippen LogP) is 3.12. The van der Waals surface area contributed by atoms with Gasteiger partial charge in [-0.1, -0.05) is 13.8 Å². The smallest absolute Gasteiger partial charge is 0.224 e. The lowest BCUT2D eigenvalue weighted by atomic mass is 9.75. The zero-order valence-electron chi connectivity index (χ0n) is 11.3. The summed E-state index contributed by atoms with van der Waals surface area (Å²) < 4.78 is 0. The van der Waals surface area contributed by atoms with Crippen LogP contribution in [0.15, 0.2) is 6.20 Å². The molecule has 0 amide bonds. The molecule has 2 rings (SSSR count). The third-order valence-corrected chi connectivity index (χ3v) is 4.14. The second-order valence-electron chi connectivity index (χ2n) is 5.92. The number of halogens is 1. The quantitative estimate of drug-likeness (QED) is 0.838. The van der Waals surface area contributed by atoms with E-state index in [-0.39, 0.29) is 5.28 Å². The van der Waals surface area contributed by atoms with E-state index in [1.807, 2.05) is 7.05 Å². The lowest BCUT2D eigenvalue weighted by Crippen LogP contribution is -2.38. The molecular weight excluding hydrogens is 248 g/mol. The van der Waals surface area contributed by atoms with Gasteiger partial charge in [-0.2, -0.15) is 4.98 Å². The molecule has 0 radical (unpaired) electrons. The van der Waals surface area contributed by atoms with E-state index in [1.54, 1.807) is 6.20 Å². The number of hydrogen-bond donors (Lipinski definition) is 1. The van der Waals surface area contributed by atoms with E-state index in [2.05, 4.69) is 28.7 Å². The summed E-state index contributed by atoms with van der Waals surface area (Å²) in [6.45, 7) is 4.66. The molecular formula is C13H21ClN4. The van der Waals surface area contributed by atoms with Crippen molar-refractivity contribution in [1.29, 1.82) is 0 Å². The summed E-state index contributed by atoms with van der Waals surface area (Å²) >= 11 is 5.84. The largest absolute Gasteiger partial charge is 0.394 e. The Labute approximate surface area is 114 Å². The monoisotopic (exact) mass is 268 g/mol. The van der Waals surface area contributed by atoms with Gasteiger partial charge in [-0.3, -0.25) is 0 Å². The first kappa shape index (κ1) is 13.4. The molecule has 0 aliphatic heterocycles. The average Bonchev–Trinajstić information content (AvgIpc) is 2.31. The number of nitrogens with zero attached hydrogens (tertiary/aromatic N) is 3. The zero-order chi connectivity index (χ0) is 13.3. The highest BCUT2D eigenvalue weighted by Crippen LogP contribution is 2.38. The number of anilines is 2. The third-order valence-electron chi connectivity index (χ3n) is 3.96. The first-order valence-electron chi connectivity index (χ1n) is 6.40. The number of hydrogen-bond acceptors (Lipinski definition) is 4. The highest BCUT2D eigenvalue weighted by atomic mass is 35.5. The molecule has 5 heteroatoms. The molecule has 1 saturated carbocycles. The van der Waals surface area contributed by atoms with Crippen molar-refractivity contribution in [2.75, 3.05) is 17.7 Å². The van der Waals surface area contributed by atoms with Crippen LogP contribution in [0.2, 0.25) is 5.28 Å². The first-order chi connectivity index (χ1) is 8.39. The van der Waals surface area contributed by atoms with Crippen molar-refractivity contribution in [1.82, 2.24) is 9.97 Å². The van der Waals surface area contributed by atoms with Crippen molar-refractivity contribution >= 4 is 23.1 Å². The maximum absolute atomic E-state index is 5.93. The van der Waals surface area contributed by atoms with Crippen molar-refractivity contribution in [3.05, 3.63) is 11.5 Å². The fraction of sp³-hybridized carbons (Fsp3) is 0.692. The van der Waals surface area contributed by atoms with Crippen LogP contribution in [0.4, 0.5) is 11.5 Å². The van der Waals surface area contributed by atoms with Gasteiger partial charge in [0.1, 0.15) is 0 Å². The van der Waals surface area contributed by atoms with E-state index in [4.69, 9.17) is 17.3 Å². The second-order valence-corrected chi connectivity index (χ2v) is 6.26. The van der Waals surface area contributed by atoms with E-state index in [1.165, 1.54) is 25.7 Å². The Balaban J connectivity index is 2.12. The van der Waals surface area contributed by atoms with E-state index in [0.29, 0.717) is 17.1 Å². The summed E-state index contributed by atoms with van der Waals surface area (Å²) in [7, 11) is 2.04. The summed E-state index contributed by atoms with van der Waals surface area (Å²) in [5.41, 5.74) is 6.98. The molecule has 1 aromatic heterocycles. The summed E-state index contributed by atoms with van der Waals surface area (Å²) in [5.74, 6) is 0.750. The van der Waals surface area contributed by atoms with E-state index < -0.39 is 0 Å². The number of nitrogens with two attached hydrogens (primary N) is 1. The molecule has 100 valence electrons. The molecule has 0 spiro atoms. The van der Waals surface area contributed by atoms with Gasteiger partial charge >= 0.3 is 0 Å². The highest BCUT2D eigenvalue weighted by molar-refractivity contribution is 6.28. The Kier molecular flexibility index (Phi) is 3.66. The summed E-state index contributed by atoms with van der Waals surface area (Å²) in [4.78, 5) is 10.3. The van der Waals surface area contributed by atoms with Gasteiger partial charge in [0.2, 0.25) is 5.28 Å². The summed E-state index contributed by atoms with van der Waals surface area (Å²) in [5, 5.41) is 0.252. The molecule has 0 aromatic carbocycles. The van der Waals surface area contributed by atoms with Crippen LogP contribution in [0.1, 0.15) is 39.5 Å². The topological polar surface area (TPSA) is 55.0 Å². The first-order valence-corrected chi connectivity index (χ1v) is 6.78. The van der Waals surface area contributed by atoms with Gasteiger partial charge < -0.3 is 10.6 Å². The molecule has 1 aliphatic rings. The van der Waals surface area contributed by atoms with Crippen LogP contribution in [0.5, 0.6) is 0 Å². The molecule has 1 aromatic rings. The Hall–Kier alpha value is -1.03. The fourth-order valence-corrected chi connectivity index (χ4v) is 2.72. The maximum Gasteiger partial charge on any atom is 0.224 e. The number of rotatable bonds is 2. The van der Waals surface area contributed by atoms with Crippen LogP contribution < -0.4 is 10.6 Å². The van der Waals surface area contributed by atoms with Crippen LogP contribution in [0, 0.1) is 5.41 Å². The fourth-order valence-electron chi connectivity index (χ4n) is 2.59. The Morgan fingerprint density at radius 1 is 1.39 bits per heavy atom. The minimum absolute atomic E-state index is 0.252. The van der Waals surface area contributed by atoms with E-state index in [9.17, 15) is 0 Å². The van der Waals surface area contributed by atoms with Gasteiger partial charge in [0.05, 0.1) is 11.9 Å². The third kappa shape index (κ3) is 2.86. The number of aromatic nitrogens is 2. The normalized spacial score (nSPS) is 19.8. The molecule has 1 heterocycles. The molecule has 0 atom stereocenters. The summed E-state index contributed by atoms with van der Waals surface area (Å²) in [6.07, 6.45) is 6.39. The second kappa shape index (κ2) is 4.92. The molecule has 1 fully saturated rings. The molecule has 0 bridgehead atoms. The molecule has 2 N–H and O–H groups in total. The minimum atomic E-state index is 0.252. The molecule has 0 unspecified atom stereocenters. The zero-order valence-corrected chi connectivity index (χ0v) is 12.0. The van der Waals surface area contributed by atoms with Gasteiger partial charge in [-0.15, -0.1) is 0 Å². The van der Waals surface area contributed by atoms with Crippen molar-refractivity contribution in [3.8, 4) is 0 Å². The van der Waals surface area contributed by atoms with Crippen molar-refractivity contribution in [2.24, 2.45) is 5.41 Å². The van der Waals surface area contributed by atoms with Crippen LogP contribution in [0.3, 0.4) is 0 Å². The van der Waals surface area contributed by atoms with Gasteiger partial charge in [-0.25, -0.2) is 4.98 Å². The molecule has 18 heavy (non-hydrogen) atoms. The molecule has 0 saturated heterocycles. The van der Waals surface area contributed by atoms with Crippen LogP contribution >= 0.6 is 11.6 Å². The lowest BCUT2D eigenvalue weighted by molar-refractivity contribution is 0.222.